The van der Waals surface area contributed by atoms with Crippen LogP contribution in [0.4, 0.5) is 5.69 Å². The Balaban J connectivity index is 1.38. The van der Waals surface area contributed by atoms with E-state index in [-0.39, 0.29) is 17.7 Å². The molecule has 27 heavy (non-hydrogen) atoms. The van der Waals surface area contributed by atoms with Gasteiger partial charge in [-0.3, -0.25) is 9.59 Å². The zero-order chi connectivity index (χ0) is 18.8. The average molecular weight is 363 g/mol. The lowest BCUT2D eigenvalue weighted by Crippen LogP contribution is -2.41. The first-order valence-corrected chi connectivity index (χ1v) is 9.62. The lowest BCUT2D eigenvalue weighted by molar-refractivity contribution is -0.123. The Hall–Kier alpha value is -2.82. The monoisotopic (exact) mass is 363 g/mol. The van der Waals surface area contributed by atoms with E-state index in [0.717, 1.165) is 19.5 Å². The molecule has 0 aliphatic carbocycles. The van der Waals surface area contributed by atoms with Gasteiger partial charge in [0.1, 0.15) is 0 Å². The van der Waals surface area contributed by atoms with Gasteiger partial charge in [-0.15, -0.1) is 0 Å². The summed E-state index contributed by atoms with van der Waals surface area (Å²) in [5.41, 5.74) is 10.00. The van der Waals surface area contributed by atoms with Crippen molar-refractivity contribution >= 4 is 17.5 Å². The topological polar surface area (TPSA) is 66.6 Å². The molecule has 0 unspecified atom stereocenters. The van der Waals surface area contributed by atoms with Gasteiger partial charge in [-0.2, -0.15) is 0 Å². The van der Waals surface area contributed by atoms with E-state index in [9.17, 15) is 9.59 Å². The summed E-state index contributed by atoms with van der Waals surface area (Å²) in [5.74, 6) is -0.314. The zero-order valence-electron chi connectivity index (χ0n) is 15.4. The van der Waals surface area contributed by atoms with Gasteiger partial charge in [0.05, 0.1) is 0 Å². The number of rotatable bonds is 4. The molecule has 2 aromatic rings. The summed E-state index contributed by atoms with van der Waals surface area (Å²) in [5, 5.41) is 0. The highest BCUT2D eigenvalue weighted by Gasteiger charge is 2.26. The lowest BCUT2D eigenvalue weighted by Gasteiger charge is -2.30. The molecule has 5 heteroatoms. The highest BCUT2D eigenvalue weighted by atomic mass is 16.2. The van der Waals surface area contributed by atoms with Gasteiger partial charge in [0, 0.05) is 43.3 Å². The van der Waals surface area contributed by atoms with E-state index in [1.165, 1.54) is 16.8 Å². The molecule has 2 aliphatic rings. The minimum atomic E-state index is -0.255. The summed E-state index contributed by atoms with van der Waals surface area (Å²) in [6.07, 6.45) is 2.41. The maximum Gasteiger partial charge on any atom is 0.253 e. The third-order valence-electron chi connectivity index (χ3n) is 5.74. The second-order valence-corrected chi connectivity index (χ2v) is 7.47. The summed E-state index contributed by atoms with van der Waals surface area (Å²) < 4.78 is 0. The molecule has 0 spiro atoms. The Bertz CT molecular complexity index is 839. The minimum Gasteiger partial charge on any atom is -0.369 e. The van der Waals surface area contributed by atoms with E-state index < -0.39 is 0 Å². The Morgan fingerprint density at radius 1 is 0.963 bits per heavy atom. The smallest absolute Gasteiger partial charge is 0.253 e. The minimum absolute atomic E-state index is 0.0380. The molecule has 0 radical (unpaired) electrons. The SMILES string of the molecule is NC(=O)C1CCN(C(=O)c2ccc(CN3CCc4ccccc43)cc2)CC1. The number of hydrogen-bond donors (Lipinski definition) is 1. The van der Waals surface area contributed by atoms with E-state index >= 15 is 0 Å². The number of para-hydroxylation sites is 1. The molecule has 5 nitrogen and oxygen atoms in total. The van der Waals surface area contributed by atoms with Crippen LogP contribution in [0.5, 0.6) is 0 Å². The normalized spacial score (nSPS) is 17.0. The quantitative estimate of drug-likeness (QED) is 0.908. The molecule has 140 valence electrons. The van der Waals surface area contributed by atoms with Gasteiger partial charge in [-0.25, -0.2) is 0 Å². The fraction of sp³-hybridized carbons (Fsp3) is 0.364. The maximum atomic E-state index is 12.7. The molecule has 0 atom stereocenters. The molecule has 0 saturated carbocycles. The van der Waals surface area contributed by atoms with Crippen molar-refractivity contribution in [2.45, 2.75) is 25.8 Å². The van der Waals surface area contributed by atoms with Crippen molar-refractivity contribution in [3.05, 3.63) is 65.2 Å². The van der Waals surface area contributed by atoms with Gasteiger partial charge in [-0.05, 0) is 48.6 Å². The number of fused-ring (bicyclic) bond motifs is 1. The van der Waals surface area contributed by atoms with Crippen LogP contribution in [-0.2, 0) is 17.8 Å². The number of carbonyl (C=O) groups is 2. The number of nitrogens with zero attached hydrogens (tertiary/aromatic N) is 2. The molecule has 2 aromatic carbocycles. The average Bonchev–Trinajstić information content (AvgIpc) is 3.11. The van der Waals surface area contributed by atoms with Gasteiger partial charge in [0.15, 0.2) is 0 Å². The molecular weight excluding hydrogens is 338 g/mol. The Kier molecular flexibility index (Phi) is 4.84. The highest BCUT2D eigenvalue weighted by Crippen LogP contribution is 2.29. The van der Waals surface area contributed by atoms with Crippen LogP contribution in [0.3, 0.4) is 0 Å². The summed E-state index contributed by atoms with van der Waals surface area (Å²) in [6, 6.07) is 16.5. The van der Waals surface area contributed by atoms with Crippen molar-refractivity contribution in [2.75, 3.05) is 24.5 Å². The second-order valence-electron chi connectivity index (χ2n) is 7.47. The predicted molar refractivity (Wildman–Crippen MR) is 105 cm³/mol. The van der Waals surface area contributed by atoms with Crippen LogP contribution < -0.4 is 10.6 Å². The third-order valence-corrected chi connectivity index (χ3v) is 5.74. The van der Waals surface area contributed by atoms with Crippen molar-refractivity contribution in [3.8, 4) is 0 Å². The van der Waals surface area contributed by atoms with E-state index in [0.29, 0.717) is 31.5 Å². The third kappa shape index (κ3) is 3.68. The first-order chi connectivity index (χ1) is 13.1. The first kappa shape index (κ1) is 17.6. The molecule has 0 aromatic heterocycles. The van der Waals surface area contributed by atoms with Crippen molar-refractivity contribution in [2.24, 2.45) is 11.7 Å². The zero-order valence-corrected chi connectivity index (χ0v) is 15.4. The number of nitrogens with two attached hydrogens (primary N) is 1. The van der Waals surface area contributed by atoms with Crippen LogP contribution in [0, 0.1) is 5.92 Å². The van der Waals surface area contributed by atoms with Gasteiger partial charge in [0.25, 0.3) is 5.91 Å². The van der Waals surface area contributed by atoms with Crippen LogP contribution in [0.25, 0.3) is 0 Å². The number of likely N-dealkylation sites (tertiary alicyclic amines) is 1. The fourth-order valence-electron chi connectivity index (χ4n) is 4.09. The first-order valence-electron chi connectivity index (χ1n) is 9.62. The van der Waals surface area contributed by atoms with Crippen molar-refractivity contribution < 1.29 is 9.59 Å². The molecule has 1 fully saturated rings. The van der Waals surface area contributed by atoms with E-state index in [1.54, 1.807) is 0 Å². The molecule has 2 N–H and O–H groups in total. The number of carbonyl (C=O) groups excluding carboxylic acids is 2. The van der Waals surface area contributed by atoms with Crippen LogP contribution in [0.15, 0.2) is 48.5 Å². The van der Waals surface area contributed by atoms with Crippen LogP contribution >= 0.6 is 0 Å². The summed E-state index contributed by atoms with van der Waals surface area (Å²) >= 11 is 0. The molecule has 0 bridgehead atoms. The number of anilines is 1. The van der Waals surface area contributed by atoms with E-state index in [1.807, 2.05) is 29.2 Å². The number of amides is 2. The summed E-state index contributed by atoms with van der Waals surface area (Å²) in [4.78, 5) is 28.2. The van der Waals surface area contributed by atoms with Gasteiger partial charge in [0.2, 0.25) is 5.91 Å². The summed E-state index contributed by atoms with van der Waals surface area (Å²) in [7, 11) is 0. The molecule has 2 amide bonds. The highest BCUT2D eigenvalue weighted by molar-refractivity contribution is 5.94. The fourth-order valence-corrected chi connectivity index (χ4v) is 4.09. The summed E-state index contributed by atoms with van der Waals surface area (Å²) in [6.45, 7) is 3.09. The van der Waals surface area contributed by atoms with Crippen LogP contribution in [0.2, 0.25) is 0 Å². The van der Waals surface area contributed by atoms with Crippen LogP contribution in [-0.4, -0.2) is 36.3 Å². The number of piperidine rings is 1. The van der Waals surface area contributed by atoms with Crippen molar-refractivity contribution in [3.63, 3.8) is 0 Å². The molecule has 1 saturated heterocycles. The van der Waals surface area contributed by atoms with Crippen LogP contribution in [0.1, 0.15) is 34.3 Å². The maximum absolute atomic E-state index is 12.7. The predicted octanol–water partition coefficient (Wildman–Crippen LogP) is 2.59. The molecule has 2 heterocycles. The standard InChI is InChI=1S/C22H25N3O2/c23-21(26)18-10-12-24(13-11-18)22(27)19-7-5-16(6-8-19)15-25-14-9-17-3-1-2-4-20(17)25/h1-8,18H,9-15H2,(H2,23,26). The number of hydrogen-bond acceptors (Lipinski definition) is 3. The van der Waals surface area contributed by atoms with E-state index in [4.69, 9.17) is 5.73 Å². The Labute approximate surface area is 159 Å². The van der Waals surface area contributed by atoms with Crippen molar-refractivity contribution in [1.29, 1.82) is 0 Å². The van der Waals surface area contributed by atoms with E-state index in [2.05, 4.69) is 29.2 Å². The largest absolute Gasteiger partial charge is 0.369 e. The second kappa shape index (κ2) is 7.43. The van der Waals surface area contributed by atoms with Gasteiger partial charge < -0.3 is 15.5 Å². The molecule has 2 aliphatic heterocycles. The molecule has 4 rings (SSSR count). The Morgan fingerprint density at radius 3 is 2.37 bits per heavy atom. The number of benzene rings is 2. The molecular formula is C22H25N3O2. The van der Waals surface area contributed by atoms with Gasteiger partial charge >= 0.3 is 0 Å². The Morgan fingerprint density at radius 2 is 1.67 bits per heavy atom. The van der Waals surface area contributed by atoms with Crippen molar-refractivity contribution in [1.82, 2.24) is 4.90 Å². The number of primary amides is 1. The lowest BCUT2D eigenvalue weighted by atomic mass is 9.96. The van der Waals surface area contributed by atoms with Gasteiger partial charge in [-0.1, -0.05) is 30.3 Å².